The number of aryl methyl sites for hydroxylation is 1. The molecule has 0 fully saturated rings. The Morgan fingerprint density at radius 1 is 1.27 bits per heavy atom. The van der Waals surface area contributed by atoms with Crippen molar-refractivity contribution in [1.82, 2.24) is 14.5 Å². The lowest BCUT2D eigenvalue weighted by Gasteiger charge is -2.19. The molecule has 1 atom stereocenters. The molecular formula is C22H32N4O6S. The molecule has 33 heavy (non-hydrogen) atoms. The van der Waals surface area contributed by atoms with Crippen molar-refractivity contribution >= 4 is 27.6 Å². The third-order valence-electron chi connectivity index (χ3n) is 4.81. The van der Waals surface area contributed by atoms with Gasteiger partial charge in [-0.05, 0) is 43.9 Å². The number of nitrogens with zero attached hydrogens (tertiary/aromatic N) is 2. The summed E-state index contributed by atoms with van der Waals surface area (Å²) in [7, 11) is -2.52. The van der Waals surface area contributed by atoms with Crippen molar-refractivity contribution in [2.45, 2.75) is 65.3 Å². The van der Waals surface area contributed by atoms with Gasteiger partial charge in [-0.3, -0.25) is 4.79 Å². The first-order valence-electron chi connectivity index (χ1n) is 10.6. The van der Waals surface area contributed by atoms with E-state index in [0.717, 1.165) is 0 Å². The maximum absolute atomic E-state index is 13.1. The fourth-order valence-corrected chi connectivity index (χ4v) is 4.52. The lowest BCUT2D eigenvalue weighted by Crippen LogP contribution is -2.32. The number of aromatic carboxylic acids is 1. The molecule has 182 valence electrons. The fraction of sp³-hybridized carbons (Fsp3) is 0.500. The Morgan fingerprint density at radius 2 is 1.91 bits per heavy atom. The van der Waals surface area contributed by atoms with Crippen molar-refractivity contribution in [1.29, 1.82) is 0 Å². The number of amides is 1. The smallest absolute Gasteiger partial charge is 0.356 e. The average molecular weight is 481 g/mol. The van der Waals surface area contributed by atoms with Crippen molar-refractivity contribution in [3.05, 3.63) is 29.5 Å². The number of hydrogen-bond acceptors (Lipinski definition) is 6. The molecule has 0 saturated heterocycles. The van der Waals surface area contributed by atoms with E-state index in [1.54, 1.807) is 6.92 Å². The van der Waals surface area contributed by atoms with Crippen LogP contribution in [0.3, 0.4) is 0 Å². The molecule has 1 amide bonds. The molecule has 0 unspecified atom stereocenters. The van der Waals surface area contributed by atoms with Gasteiger partial charge in [0.05, 0.1) is 0 Å². The number of carbonyl (C=O) groups excluding carboxylic acids is 1. The van der Waals surface area contributed by atoms with Crippen LogP contribution in [0.25, 0.3) is 0 Å². The van der Waals surface area contributed by atoms with Gasteiger partial charge >= 0.3 is 5.97 Å². The number of benzene rings is 1. The van der Waals surface area contributed by atoms with Gasteiger partial charge in [0.2, 0.25) is 21.8 Å². The molecule has 3 N–H and O–H groups in total. The molecule has 1 heterocycles. The Bertz CT molecular complexity index is 1150. The topological polar surface area (TPSA) is 140 Å². The van der Waals surface area contributed by atoms with Crippen LogP contribution in [0.2, 0.25) is 0 Å². The highest BCUT2D eigenvalue weighted by atomic mass is 32.2. The third-order valence-corrected chi connectivity index (χ3v) is 6.42. The predicted molar refractivity (Wildman–Crippen MR) is 124 cm³/mol. The van der Waals surface area contributed by atoms with Gasteiger partial charge in [0.15, 0.2) is 5.69 Å². The van der Waals surface area contributed by atoms with E-state index in [2.05, 4.69) is 15.1 Å². The van der Waals surface area contributed by atoms with E-state index in [9.17, 15) is 23.1 Å². The second-order valence-corrected chi connectivity index (χ2v) is 10.9. The fourth-order valence-electron chi connectivity index (χ4n) is 3.04. The number of carboxylic acids is 1. The lowest BCUT2D eigenvalue weighted by molar-refractivity contribution is -0.117. The Hall–Kier alpha value is -2.92. The van der Waals surface area contributed by atoms with E-state index in [1.165, 1.54) is 36.9 Å². The van der Waals surface area contributed by atoms with E-state index in [-0.39, 0.29) is 51.6 Å². The van der Waals surface area contributed by atoms with Crippen molar-refractivity contribution in [2.24, 2.45) is 12.5 Å². The van der Waals surface area contributed by atoms with E-state index >= 15 is 0 Å². The maximum Gasteiger partial charge on any atom is 0.356 e. The number of aromatic nitrogens is 2. The SMILES string of the molecule is CC[C@H](C)NS(=O)(=O)c1cc(NC(=O)CC(C)(C)C)ccc1Oc1c(C)c(C(=O)O)nn1C. The van der Waals surface area contributed by atoms with Gasteiger partial charge in [0, 0.05) is 30.8 Å². The molecule has 0 saturated carbocycles. The zero-order valence-electron chi connectivity index (χ0n) is 20.0. The summed E-state index contributed by atoms with van der Waals surface area (Å²) in [4.78, 5) is 23.6. The van der Waals surface area contributed by atoms with E-state index in [0.29, 0.717) is 12.1 Å². The van der Waals surface area contributed by atoms with Gasteiger partial charge in [-0.1, -0.05) is 27.7 Å². The third kappa shape index (κ3) is 6.78. The molecule has 0 bridgehead atoms. The maximum atomic E-state index is 13.1. The molecule has 0 radical (unpaired) electrons. The van der Waals surface area contributed by atoms with Crippen LogP contribution in [-0.4, -0.2) is 41.2 Å². The summed E-state index contributed by atoms with van der Waals surface area (Å²) in [5.41, 5.74) is 0.125. The first kappa shape index (κ1) is 26.3. The Morgan fingerprint density at radius 3 is 2.42 bits per heavy atom. The summed E-state index contributed by atoms with van der Waals surface area (Å²) in [6, 6.07) is 3.94. The second-order valence-electron chi connectivity index (χ2n) is 9.19. The molecule has 0 aliphatic heterocycles. The van der Waals surface area contributed by atoms with Gasteiger partial charge in [-0.2, -0.15) is 5.10 Å². The number of rotatable bonds is 9. The molecule has 1 aromatic heterocycles. The monoisotopic (exact) mass is 480 g/mol. The lowest BCUT2D eigenvalue weighted by atomic mass is 9.92. The van der Waals surface area contributed by atoms with Crippen LogP contribution in [0.1, 0.15) is 63.5 Å². The standard InChI is InChI=1S/C22H32N4O6S/c1-8-13(2)25-33(30,31)17-11-15(23-18(27)12-22(4,5)6)9-10-16(17)32-20-14(3)19(21(28)29)24-26(20)7/h9-11,13,25H,8,12H2,1-7H3,(H,23,27)(H,28,29)/t13-/m0/s1. The molecule has 1 aromatic carbocycles. The van der Waals surface area contributed by atoms with Crippen molar-refractivity contribution in [2.75, 3.05) is 5.32 Å². The Labute approximate surface area is 194 Å². The minimum absolute atomic E-state index is 0.0253. The highest BCUT2D eigenvalue weighted by Crippen LogP contribution is 2.34. The number of nitrogens with one attached hydrogen (secondary N) is 2. The van der Waals surface area contributed by atoms with Crippen molar-refractivity contribution < 1.29 is 27.9 Å². The van der Waals surface area contributed by atoms with E-state index < -0.39 is 16.0 Å². The number of anilines is 1. The van der Waals surface area contributed by atoms with E-state index in [1.807, 2.05) is 27.7 Å². The van der Waals surface area contributed by atoms with Crippen molar-refractivity contribution in [3.63, 3.8) is 0 Å². The Balaban J connectivity index is 2.52. The quantitative estimate of drug-likeness (QED) is 0.497. The predicted octanol–water partition coefficient (Wildman–Crippen LogP) is 3.67. The first-order valence-corrected chi connectivity index (χ1v) is 12.0. The molecule has 0 spiro atoms. The summed E-state index contributed by atoms with van der Waals surface area (Å²) in [6.07, 6.45) is 0.824. The molecule has 2 aromatic rings. The largest absolute Gasteiger partial charge is 0.476 e. The van der Waals surface area contributed by atoms with Crippen LogP contribution in [-0.2, 0) is 21.9 Å². The number of sulfonamides is 1. The van der Waals surface area contributed by atoms with E-state index in [4.69, 9.17) is 4.74 Å². The average Bonchev–Trinajstić information content (AvgIpc) is 2.95. The van der Waals surface area contributed by atoms with Crippen LogP contribution in [0.4, 0.5) is 5.69 Å². The van der Waals surface area contributed by atoms with Gasteiger partial charge in [0.1, 0.15) is 10.6 Å². The van der Waals surface area contributed by atoms with Gasteiger partial charge in [-0.15, -0.1) is 0 Å². The zero-order valence-corrected chi connectivity index (χ0v) is 20.8. The highest BCUT2D eigenvalue weighted by molar-refractivity contribution is 7.89. The minimum atomic E-state index is -4.02. The second kappa shape index (κ2) is 9.92. The molecule has 11 heteroatoms. The highest BCUT2D eigenvalue weighted by Gasteiger charge is 2.26. The molecular weight excluding hydrogens is 448 g/mol. The number of carboxylic acid groups (broad SMARTS) is 1. The Kier molecular flexibility index (Phi) is 7.91. The molecule has 10 nitrogen and oxygen atoms in total. The van der Waals surface area contributed by atoms with Crippen LogP contribution < -0.4 is 14.8 Å². The number of hydrogen-bond donors (Lipinski definition) is 3. The van der Waals surface area contributed by atoms with Gasteiger partial charge < -0.3 is 15.2 Å². The molecule has 0 aliphatic carbocycles. The summed E-state index contributed by atoms with van der Waals surface area (Å²) in [5.74, 6) is -1.40. The molecule has 0 aliphatic rings. The van der Waals surface area contributed by atoms with Crippen molar-refractivity contribution in [3.8, 4) is 11.6 Å². The first-order chi connectivity index (χ1) is 15.1. The number of carbonyl (C=O) groups is 2. The van der Waals surface area contributed by atoms with Crippen LogP contribution >= 0.6 is 0 Å². The molecule has 2 rings (SSSR count). The summed E-state index contributed by atoms with van der Waals surface area (Å²) in [6.45, 7) is 10.9. The van der Waals surface area contributed by atoms with Crippen LogP contribution in [0.15, 0.2) is 23.1 Å². The van der Waals surface area contributed by atoms with Gasteiger partial charge in [0.25, 0.3) is 0 Å². The number of ether oxygens (including phenoxy) is 1. The van der Waals surface area contributed by atoms with Gasteiger partial charge in [-0.25, -0.2) is 22.6 Å². The summed E-state index contributed by atoms with van der Waals surface area (Å²) in [5, 5.41) is 16.0. The minimum Gasteiger partial charge on any atom is -0.476 e. The van der Waals surface area contributed by atoms with Crippen LogP contribution in [0.5, 0.6) is 11.6 Å². The summed E-state index contributed by atoms with van der Waals surface area (Å²) < 4.78 is 35.9. The summed E-state index contributed by atoms with van der Waals surface area (Å²) >= 11 is 0. The van der Waals surface area contributed by atoms with Crippen LogP contribution in [0, 0.1) is 12.3 Å². The zero-order chi connectivity index (χ0) is 25.1. The normalized spacial score (nSPS) is 12.9.